The molecule has 0 N–H and O–H groups in total. The molecule has 162 valence electrons. The third-order valence-corrected chi connectivity index (χ3v) is 8.27. The molecule has 6 rings (SSSR count). The lowest BCUT2D eigenvalue weighted by molar-refractivity contribution is -0.645. The van der Waals surface area contributed by atoms with E-state index in [4.69, 9.17) is 0 Å². The Morgan fingerprint density at radius 1 is 0.719 bits per heavy atom. The van der Waals surface area contributed by atoms with E-state index in [1.54, 1.807) is 5.56 Å². The van der Waals surface area contributed by atoms with E-state index in [9.17, 15) is 0 Å². The van der Waals surface area contributed by atoms with Crippen LogP contribution < -0.4 is 4.57 Å². The molecule has 2 aliphatic carbocycles. The number of nitrogens with zero attached hydrogens (tertiary/aromatic N) is 2. The van der Waals surface area contributed by atoms with Gasteiger partial charge in [0.1, 0.15) is 5.69 Å². The molecule has 0 saturated carbocycles. The molecule has 2 nitrogen and oxygen atoms in total. The summed E-state index contributed by atoms with van der Waals surface area (Å²) < 4.78 is 4.68. The first-order valence-corrected chi connectivity index (χ1v) is 12.1. The van der Waals surface area contributed by atoms with Gasteiger partial charge in [-0.2, -0.15) is 4.57 Å². The van der Waals surface area contributed by atoms with Gasteiger partial charge in [-0.15, -0.1) is 0 Å². The first kappa shape index (κ1) is 19.8. The van der Waals surface area contributed by atoms with E-state index < -0.39 is 0 Å². The van der Waals surface area contributed by atoms with Crippen LogP contribution >= 0.6 is 0 Å². The fraction of sp³-hybridized carbons (Fsp3) is 0.367. The Morgan fingerprint density at radius 2 is 1.31 bits per heavy atom. The summed E-state index contributed by atoms with van der Waals surface area (Å²) in [4.78, 5) is 0. The molecular formula is C30H33N2+. The van der Waals surface area contributed by atoms with Crippen LogP contribution in [0.25, 0.3) is 16.7 Å². The highest BCUT2D eigenvalue weighted by Crippen LogP contribution is 2.50. The van der Waals surface area contributed by atoms with Gasteiger partial charge in [0.15, 0.2) is 11.0 Å². The van der Waals surface area contributed by atoms with Gasteiger partial charge in [0, 0.05) is 10.8 Å². The predicted octanol–water partition coefficient (Wildman–Crippen LogP) is 6.30. The zero-order valence-electron chi connectivity index (χ0n) is 20.0. The zero-order chi connectivity index (χ0) is 22.3. The Labute approximate surface area is 191 Å². The van der Waals surface area contributed by atoms with Gasteiger partial charge >= 0.3 is 0 Å². The van der Waals surface area contributed by atoms with Crippen LogP contribution in [0.4, 0.5) is 0 Å². The molecule has 32 heavy (non-hydrogen) atoms. The number of hydrogen-bond donors (Lipinski definition) is 0. The van der Waals surface area contributed by atoms with Crippen molar-refractivity contribution in [3.05, 3.63) is 94.3 Å². The molecule has 0 atom stereocenters. The topological polar surface area (TPSA) is 8.81 Å². The maximum atomic E-state index is 2.45. The summed E-state index contributed by atoms with van der Waals surface area (Å²) in [6.45, 7) is 9.51. The number of fused-ring (bicyclic) bond motifs is 4. The third kappa shape index (κ3) is 2.62. The predicted molar refractivity (Wildman–Crippen MR) is 132 cm³/mol. The molecule has 2 aliphatic rings. The first-order chi connectivity index (χ1) is 15.3. The molecule has 0 unspecified atom stereocenters. The van der Waals surface area contributed by atoms with Gasteiger partial charge in [0.25, 0.3) is 0 Å². The average molecular weight is 422 g/mol. The molecular weight excluding hydrogens is 388 g/mol. The average Bonchev–Trinajstić information content (AvgIpc) is 3.12. The van der Waals surface area contributed by atoms with Crippen LogP contribution in [0, 0.1) is 0 Å². The van der Waals surface area contributed by atoms with Gasteiger partial charge in [-0.3, -0.25) is 0 Å². The number of hydrogen-bond acceptors (Lipinski definition) is 0. The van der Waals surface area contributed by atoms with Crippen molar-refractivity contribution in [1.82, 2.24) is 4.57 Å². The Balaban J connectivity index is 1.57. The number of benzene rings is 3. The van der Waals surface area contributed by atoms with E-state index >= 15 is 0 Å². The lowest BCUT2D eigenvalue weighted by atomic mass is 9.60. The van der Waals surface area contributed by atoms with Crippen molar-refractivity contribution < 1.29 is 4.57 Å². The summed E-state index contributed by atoms with van der Waals surface area (Å²) in [6.07, 6.45) is 7.32. The monoisotopic (exact) mass is 421 g/mol. The van der Waals surface area contributed by atoms with Crippen molar-refractivity contribution in [1.29, 1.82) is 0 Å². The quantitative estimate of drug-likeness (QED) is 0.319. The lowest BCUT2D eigenvalue weighted by Crippen LogP contribution is -2.36. The minimum atomic E-state index is -0.0260. The van der Waals surface area contributed by atoms with Gasteiger partial charge in [-0.05, 0) is 83.3 Å². The second-order valence-corrected chi connectivity index (χ2v) is 10.9. The summed E-state index contributed by atoms with van der Waals surface area (Å²) in [7, 11) is 2.18. The van der Waals surface area contributed by atoms with Crippen LogP contribution in [0.3, 0.4) is 0 Å². The van der Waals surface area contributed by atoms with Crippen LogP contribution in [0.5, 0.6) is 0 Å². The molecule has 4 aromatic rings. The van der Waals surface area contributed by atoms with Gasteiger partial charge in [0.05, 0.1) is 7.05 Å². The maximum absolute atomic E-state index is 2.45. The molecule has 0 bridgehead atoms. The standard InChI is InChI=1S/C30H33N2/c1-29(2)23-12-8-9-13-24(23)30(3,4)26-18-22(14-15-25(26)29)32-19-31(5)27-16-20-10-6-7-11-21(20)17-28(27)32/h8-9,12-19H,6-7,10-11H2,1-5H3/q+1. The smallest absolute Gasteiger partial charge is 0.232 e. The van der Waals surface area contributed by atoms with Crippen LogP contribution in [0.1, 0.15) is 73.9 Å². The van der Waals surface area contributed by atoms with Crippen LogP contribution in [-0.4, -0.2) is 4.57 Å². The summed E-state index contributed by atoms with van der Waals surface area (Å²) in [5, 5.41) is 0. The van der Waals surface area contributed by atoms with E-state index in [0.29, 0.717) is 0 Å². The maximum Gasteiger partial charge on any atom is 0.249 e. The number of aromatic nitrogens is 2. The van der Waals surface area contributed by atoms with Crippen molar-refractivity contribution >= 4 is 11.0 Å². The minimum Gasteiger partial charge on any atom is -0.232 e. The molecule has 0 spiro atoms. The number of imidazole rings is 1. The minimum absolute atomic E-state index is 0.00245. The van der Waals surface area contributed by atoms with Crippen molar-refractivity contribution in [3.63, 3.8) is 0 Å². The van der Waals surface area contributed by atoms with Gasteiger partial charge in [-0.25, -0.2) is 4.57 Å². The third-order valence-electron chi connectivity index (χ3n) is 8.27. The highest BCUT2D eigenvalue weighted by atomic mass is 15.1. The van der Waals surface area contributed by atoms with Gasteiger partial charge in [-0.1, -0.05) is 58.0 Å². The molecule has 0 radical (unpaired) electrons. The molecule has 0 fully saturated rings. The first-order valence-electron chi connectivity index (χ1n) is 12.1. The van der Waals surface area contributed by atoms with Crippen molar-refractivity contribution in [2.75, 3.05) is 0 Å². The Kier molecular flexibility index (Phi) is 4.06. The summed E-state index contributed by atoms with van der Waals surface area (Å²) in [5.74, 6) is 0. The fourth-order valence-corrected chi connectivity index (χ4v) is 6.35. The van der Waals surface area contributed by atoms with E-state index in [1.165, 1.54) is 70.2 Å². The fourth-order valence-electron chi connectivity index (χ4n) is 6.35. The largest absolute Gasteiger partial charge is 0.249 e. The molecule has 1 aromatic heterocycles. The molecule has 2 heteroatoms. The van der Waals surface area contributed by atoms with E-state index in [1.807, 2.05) is 0 Å². The number of aryl methyl sites for hydroxylation is 3. The van der Waals surface area contributed by atoms with Crippen LogP contribution in [0.15, 0.2) is 60.9 Å². The molecule has 0 aliphatic heterocycles. The summed E-state index contributed by atoms with van der Waals surface area (Å²) in [5.41, 5.74) is 12.8. The van der Waals surface area contributed by atoms with Gasteiger partial charge < -0.3 is 0 Å². The molecule has 3 aromatic carbocycles. The molecule has 0 saturated heterocycles. The Morgan fingerprint density at radius 3 is 2.00 bits per heavy atom. The highest BCUT2D eigenvalue weighted by molar-refractivity contribution is 5.77. The zero-order valence-corrected chi connectivity index (χ0v) is 20.0. The van der Waals surface area contributed by atoms with Crippen molar-refractivity contribution in [2.24, 2.45) is 7.05 Å². The van der Waals surface area contributed by atoms with Crippen molar-refractivity contribution in [2.45, 2.75) is 64.2 Å². The van der Waals surface area contributed by atoms with E-state index in [0.717, 1.165) is 0 Å². The second-order valence-electron chi connectivity index (χ2n) is 10.9. The van der Waals surface area contributed by atoms with E-state index in [2.05, 4.69) is 105 Å². The van der Waals surface area contributed by atoms with Crippen LogP contribution in [0.2, 0.25) is 0 Å². The normalized spacial score (nSPS) is 18.2. The Bertz CT molecular complexity index is 1380. The number of rotatable bonds is 1. The van der Waals surface area contributed by atoms with Crippen molar-refractivity contribution in [3.8, 4) is 5.69 Å². The summed E-state index contributed by atoms with van der Waals surface area (Å²) in [6, 6.07) is 21.1. The Hall–Kier alpha value is -2.87. The SMILES string of the molecule is C[n+]1cn(-c2ccc3c(c2)C(C)(C)c2ccccc2C3(C)C)c2cc3c(cc21)CCCC3. The van der Waals surface area contributed by atoms with E-state index in [-0.39, 0.29) is 10.8 Å². The summed E-state index contributed by atoms with van der Waals surface area (Å²) >= 11 is 0. The van der Waals surface area contributed by atoms with Crippen LogP contribution in [-0.2, 0) is 30.7 Å². The second kappa shape index (κ2) is 6.57. The lowest BCUT2D eigenvalue weighted by Gasteiger charge is -2.43. The van der Waals surface area contributed by atoms with Gasteiger partial charge in [0.2, 0.25) is 6.33 Å². The molecule has 1 heterocycles. The highest BCUT2D eigenvalue weighted by Gasteiger charge is 2.41. The molecule has 0 amide bonds.